The molecule has 118 valence electrons. The molecule has 0 saturated carbocycles. The second-order valence-electron chi connectivity index (χ2n) is 5.24. The lowest BCUT2D eigenvalue weighted by Crippen LogP contribution is -2.32. The highest BCUT2D eigenvalue weighted by atomic mass is 16.5. The number of rotatable bonds is 4. The molecule has 0 spiro atoms. The summed E-state index contributed by atoms with van der Waals surface area (Å²) in [5.74, 6) is 0.519. The third-order valence-corrected chi connectivity index (χ3v) is 3.73. The summed E-state index contributed by atoms with van der Waals surface area (Å²) in [7, 11) is 1.55. The van der Waals surface area contributed by atoms with Crippen molar-refractivity contribution in [3.8, 4) is 11.5 Å². The molecule has 1 unspecified atom stereocenters. The fourth-order valence-electron chi connectivity index (χ4n) is 2.51. The van der Waals surface area contributed by atoms with Gasteiger partial charge < -0.3 is 15.2 Å². The second kappa shape index (κ2) is 6.00. The smallest absolute Gasteiger partial charge is 0.329 e. The highest BCUT2D eigenvalue weighted by molar-refractivity contribution is 6.21. The number of urea groups is 1. The number of hydrogen-bond donors (Lipinski definition) is 2. The number of amides is 3. The van der Waals surface area contributed by atoms with E-state index in [-0.39, 0.29) is 11.7 Å². The number of benzene rings is 2. The zero-order chi connectivity index (χ0) is 16.4. The third-order valence-electron chi connectivity index (χ3n) is 3.73. The minimum atomic E-state index is -0.617. The third kappa shape index (κ3) is 2.96. The van der Waals surface area contributed by atoms with Crippen LogP contribution in [0.3, 0.4) is 0 Å². The van der Waals surface area contributed by atoms with Crippen molar-refractivity contribution in [2.75, 3.05) is 12.0 Å². The molecule has 0 bridgehead atoms. The first-order valence-corrected chi connectivity index (χ1v) is 7.15. The number of aromatic hydroxyl groups is 1. The number of phenolic OH excluding ortho intramolecular Hbond substituents is 1. The van der Waals surface area contributed by atoms with Crippen molar-refractivity contribution in [2.45, 2.75) is 12.5 Å². The predicted octanol–water partition coefficient (Wildman–Crippen LogP) is 2.07. The zero-order valence-electron chi connectivity index (χ0n) is 12.5. The van der Waals surface area contributed by atoms with Crippen LogP contribution in [-0.2, 0) is 11.2 Å². The van der Waals surface area contributed by atoms with Gasteiger partial charge in [-0.3, -0.25) is 4.79 Å². The van der Waals surface area contributed by atoms with Crippen molar-refractivity contribution >= 4 is 17.6 Å². The Morgan fingerprint density at radius 1 is 1.09 bits per heavy atom. The Morgan fingerprint density at radius 3 is 2.35 bits per heavy atom. The van der Waals surface area contributed by atoms with E-state index >= 15 is 0 Å². The first kappa shape index (κ1) is 14.9. The van der Waals surface area contributed by atoms with Gasteiger partial charge in [0.25, 0.3) is 5.91 Å². The van der Waals surface area contributed by atoms with Gasteiger partial charge in [-0.05, 0) is 42.0 Å². The molecule has 6 heteroatoms. The average molecular weight is 312 g/mol. The van der Waals surface area contributed by atoms with Crippen LogP contribution in [0.25, 0.3) is 0 Å². The zero-order valence-corrected chi connectivity index (χ0v) is 12.5. The Labute approximate surface area is 133 Å². The van der Waals surface area contributed by atoms with Gasteiger partial charge >= 0.3 is 6.03 Å². The molecule has 3 rings (SSSR count). The van der Waals surface area contributed by atoms with E-state index in [2.05, 4.69) is 5.32 Å². The summed E-state index contributed by atoms with van der Waals surface area (Å²) >= 11 is 0. The molecule has 2 aromatic carbocycles. The summed E-state index contributed by atoms with van der Waals surface area (Å²) in [5.41, 5.74) is 1.36. The van der Waals surface area contributed by atoms with Gasteiger partial charge in [-0.15, -0.1) is 0 Å². The quantitative estimate of drug-likeness (QED) is 0.847. The van der Waals surface area contributed by atoms with Crippen LogP contribution in [0.4, 0.5) is 10.5 Å². The van der Waals surface area contributed by atoms with E-state index in [1.54, 1.807) is 55.6 Å². The molecule has 0 aliphatic carbocycles. The number of imide groups is 1. The lowest BCUT2D eigenvalue weighted by atomic mass is 10.1. The van der Waals surface area contributed by atoms with Crippen LogP contribution in [-0.4, -0.2) is 30.2 Å². The van der Waals surface area contributed by atoms with Crippen LogP contribution in [0.2, 0.25) is 0 Å². The van der Waals surface area contributed by atoms with Crippen LogP contribution in [0.5, 0.6) is 11.5 Å². The summed E-state index contributed by atoms with van der Waals surface area (Å²) in [6, 6.07) is 12.2. The maximum atomic E-state index is 12.5. The second-order valence-corrected chi connectivity index (χ2v) is 5.24. The normalized spacial score (nSPS) is 17.3. The Balaban J connectivity index is 1.77. The molecule has 0 radical (unpaired) electrons. The van der Waals surface area contributed by atoms with Gasteiger partial charge in [0.2, 0.25) is 0 Å². The monoisotopic (exact) mass is 312 g/mol. The number of ether oxygens (including phenoxy) is 1. The van der Waals surface area contributed by atoms with Crippen molar-refractivity contribution in [3.63, 3.8) is 0 Å². The van der Waals surface area contributed by atoms with Crippen molar-refractivity contribution in [2.24, 2.45) is 0 Å². The molecule has 1 saturated heterocycles. The van der Waals surface area contributed by atoms with E-state index < -0.39 is 12.1 Å². The summed E-state index contributed by atoms with van der Waals surface area (Å²) in [6.07, 6.45) is 0.373. The number of nitrogens with zero attached hydrogens (tertiary/aromatic N) is 1. The molecule has 2 aromatic rings. The van der Waals surface area contributed by atoms with E-state index in [0.717, 1.165) is 10.5 Å². The Kier molecular flexibility index (Phi) is 3.89. The standard InChI is InChI=1S/C17H16N2O4/c1-23-14-8-4-12(5-9-14)19-16(21)15(18-17(19)22)10-11-2-6-13(20)7-3-11/h2-9,15,20H,10H2,1H3,(H,18,22). The summed E-state index contributed by atoms with van der Waals surface area (Å²) < 4.78 is 5.07. The number of carbonyl (C=O) groups is 2. The molecule has 1 aliphatic rings. The van der Waals surface area contributed by atoms with Gasteiger partial charge in [0.1, 0.15) is 17.5 Å². The van der Waals surface area contributed by atoms with Crippen molar-refractivity contribution in [3.05, 3.63) is 54.1 Å². The lowest BCUT2D eigenvalue weighted by Gasteiger charge is -2.13. The molecule has 2 N–H and O–H groups in total. The fraction of sp³-hybridized carbons (Fsp3) is 0.176. The molecule has 0 aromatic heterocycles. The molecule has 1 heterocycles. The van der Waals surface area contributed by atoms with Gasteiger partial charge in [0.15, 0.2) is 0 Å². The van der Waals surface area contributed by atoms with Gasteiger partial charge in [0, 0.05) is 6.42 Å². The van der Waals surface area contributed by atoms with E-state index in [9.17, 15) is 14.7 Å². The first-order chi connectivity index (χ1) is 11.1. The van der Waals surface area contributed by atoms with Crippen LogP contribution in [0.1, 0.15) is 5.56 Å². The molecule has 6 nitrogen and oxygen atoms in total. The Bertz CT molecular complexity index is 725. The molecule has 23 heavy (non-hydrogen) atoms. The van der Waals surface area contributed by atoms with Gasteiger partial charge in [-0.1, -0.05) is 12.1 Å². The van der Waals surface area contributed by atoms with Gasteiger partial charge in [-0.25, -0.2) is 9.69 Å². The summed E-state index contributed by atoms with van der Waals surface area (Å²) in [5, 5.41) is 12.0. The highest BCUT2D eigenvalue weighted by Gasteiger charge is 2.38. The first-order valence-electron chi connectivity index (χ1n) is 7.15. The molecule has 3 amide bonds. The molecule has 1 fully saturated rings. The summed E-state index contributed by atoms with van der Waals surface area (Å²) in [4.78, 5) is 25.8. The molecule has 1 atom stereocenters. The summed E-state index contributed by atoms with van der Waals surface area (Å²) in [6.45, 7) is 0. The van der Waals surface area contributed by atoms with Crippen LogP contribution < -0.4 is 15.0 Å². The Morgan fingerprint density at radius 2 is 1.74 bits per heavy atom. The molecule has 1 aliphatic heterocycles. The van der Waals surface area contributed by atoms with Gasteiger partial charge in [-0.2, -0.15) is 0 Å². The largest absolute Gasteiger partial charge is 0.508 e. The molecular weight excluding hydrogens is 296 g/mol. The number of anilines is 1. The number of nitrogens with one attached hydrogen (secondary N) is 1. The van der Waals surface area contributed by atoms with E-state index in [0.29, 0.717) is 17.9 Å². The van der Waals surface area contributed by atoms with Crippen molar-refractivity contribution in [1.29, 1.82) is 0 Å². The van der Waals surface area contributed by atoms with Crippen LogP contribution in [0.15, 0.2) is 48.5 Å². The van der Waals surface area contributed by atoms with Crippen LogP contribution in [0, 0.1) is 0 Å². The average Bonchev–Trinajstić information content (AvgIpc) is 2.84. The molecular formula is C17H16N2O4. The number of hydrogen-bond acceptors (Lipinski definition) is 4. The fourth-order valence-corrected chi connectivity index (χ4v) is 2.51. The topological polar surface area (TPSA) is 78.9 Å². The van der Waals surface area contributed by atoms with Crippen molar-refractivity contribution < 1.29 is 19.4 Å². The highest BCUT2D eigenvalue weighted by Crippen LogP contribution is 2.24. The van der Waals surface area contributed by atoms with E-state index in [4.69, 9.17) is 4.74 Å². The number of carbonyl (C=O) groups excluding carboxylic acids is 2. The van der Waals surface area contributed by atoms with Gasteiger partial charge in [0.05, 0.1) is 12.8 Å². The maximum absolute atomic E-state index is 12.5. The predicted molar refractivity (Wildman–Crippen MR) is 84.6 cm³/mol. The van der Waals surface area contributed by atoms with Crippen LogP contribution >= 0.6 is 0 Å². The van der Waals surface area contributed by atoms with Crippen molar-refractivity contribution in [1.82, 2.24) is 5.32 Å². The minimum absolute atomic E-state index is 0.162. The number of phenols is 1. The minimum Gasteiger partial charge on any atom is -0.508 e. The SMILES string of the molecule is COc1ccc(N2C(=O)NC(Cc3ccc(O)cc3)C2=O)cc1. The van der Waals surface area contributed by atoms with E-state index in [1.165, 1.54) is 0 Å². The Hall–Kier alpha value is -3.02. The lowest BCUT2D eigenvalue weighted by molar-refractivity contribution is -0.118. The van der Waals surface area contributed by atoms with E-state index in [1.807, 2.05) is 0 Å². The number of methoxy groups -OCH3 is 1. The maximum Gasteiger partial charge on any atom is 0.329 e.